The molecule has 31 heavy (non-hydrogen) atoms. The highest BCUT2D eigenvalue weighted by atomic mass is 19.4. The maximum Gasteiger partial charge on any atom is 0.416 e. The highest BCUT2D eigenvalue weighted by molar-refractivity contribution is 6.08. The number of alkyl halides is 3. The lowest BCUT2D eigenvalue weighted by molar-refractivity contribution is -0.138. The van der Waals surface area contributed by atoms with Crippen LogP contribution in [-0.2, 0) is 17.5 Å². The summed E-state index contributed by atoms with van der Waals surface area (Å²) in [6, 6.07) is 12.8. The summed E-state index contributed by atoms with van der Waals surface area (Å²) in [5, 5.41) is 6.77. The molecule has 0 bridgehead atoms. The Labute approximate surface area is 175 Å². The lowest BCUT2D eigenvalue weighted by Crippen LogP contribution is -2.26. The Bertz CT molecular complexity index is 1170. The molecule has 2 amide bonds. The molecule has 0 spiro atoms. The highest BCUT2D eigenvalue weighted by Gasteiger charge is 2.34. The summed E-state index contributed by atoms with van der Waals surface area (Å²) in [6.07, 6.45) is -3.19. The first-order valence-corrected chi connectivity index (χ1v) is 9.70. The van der Waals surface area contributed by atoms with Gasteiger partial charge in [0, 0.05) is 12.5 Å². The molecule has 1 fully saturated rings. The Hall–Kier alpha value is -3.42. The first kappa shape index (κ1) is 20.8. The monoisotopic (exact) mass is 430 g/mol. The average Bonchev–Trinajstić information content (AvgIpc) is 3.57. The maximum atomic E-state index is 13.3. The normalized spacial score (nSPS) is 13.8. The summed E-state index contributed by atoms with van der Waals surface area (Å²) < 4.78 is 52.9. The smallest absolute Gasteiger partial charge is 0.348 e. The molecule has 1 saturated carbocycles. The molecule has 3 aromatic carbocycles. The molecule has 0 aliphatic heterocycles. The van der Waals surface area contributed by atoms with Gasteiger partial charge in [-0.05, 0) is 53.4 Å². The van der Waals surface area contributed by atoms with Crippen LogP contribution in [0.5, 0.6) is 0 Å². The van der Waals surface area contributed by atoms with Gasteiger partial charge in [-0.3, -0.25) is 9.59 Å². The van der Waals surface area contributed by atoms with Crippen LogP contribution < -0.4 is 10.6 Å². The minimum atomic E-state index is -4.76. The van der Waals surface area contributed by atoms with Crippen LogP contribution in [0.1, 0.15) is 34.3 Å². The predicted molar refractivity (Wildman–Crippen MR) is 108 cm³/mol. The van der Waals surface area contributed by atoms with Gasteiger partial charge in [0.1, 0.15) is 5.82 Å². The van der Waals surface area contributed by atoms with Crippen molar-refractivity contribution in [3.05, 3.63) is 77.1 Å². The number of benzene rings is 3. The van der Waals surface area contributed by atoms with E-state index >= 15 is 0 Å². The van der Waals surface area contributed by atoms with E-state index in [-0.39, 0.29) is 23.0 Å². The Morgan fingerprint density at radius 3 is 2.29 bits per heavy atom. The number of carbonyl (C=O) groups excluding carboxylic acids is 2. The Balaban J connectivity index is 1.62. The lowest BCUT2D eigenvalue weighted by atomic mass is 10.0. The van der Waals surface area contributed by atoms with Crippen LogP contribution in [0.4, 0.5) is 23.2 Å². The van der Waals surface area contributed by atoms with Crippen molar-refractivity contribution in [1.82, 2.24) is 5.32 Å². The molecule has 0 radical (unpaired) electrons. The fourth-order valence-corrected chi connectivity index (χ4v) is 3.35. The number of nitrogens with one attached hydrogen (secondary N) is 2. The zero-order valence-corrected chi connectivity index (χ0v) is 16.2. The molecule has 0 aromatic heterocycles. The third-order valence-electron chi connectivity index (χ3n) is 5.15. The van der Waals surface area contributed by atoms with Crippen molar-refractivity contribution in [2.24, 2.45) is 5.92 Å². The first-order valence-electron chi connectivity index (χ1n) is 9.70. The van der Waals surface area contributed by atoms with Gasteiger partial charge in [-0.25, -0.2) is 4.39 Å². The van der Waals surface area contributed by atoms with Crippen molar-refractivity contribution < 1.29 is 27.2 Å². The van der Waals surface area contributed by atoms with E-state index in [2.05, 4.69) is 10.6 Å². The zero-order valence-electron chi connectivity index (χ0n) is 16.2. The number of amides is 2. The van der Waals surface area contributed by atoms with E-state index in [0.29, 0.717) is 11.8 Å². The van der Waals surface area contributed by atoms with E-state index in [9.17, 15) is 27.2 Å². The van der Waals surface area contributed by atoms with Gasteiger partial charge in [-0.1, -0.05) is 30.3 Å². The third kappa shape index (κ3) is 4.68. The van der Waals surface area contributed by atoms with Gasteiger partial charge in [0.2, 0.25) is 5.91 Å². The van der Waals surface area contributed by atoms with Crippen LogP contribution in [-0.4, -0.2) is 11.8 Å². The van der Waals surface area contributed by atoms with E-state index in [1.165, 1.54) is 0 Å². The van der Waals surface area contributed by atoms with Gasteiger partial charge in [0.25, 0.3) is 5.91 Å². The number of rotatable bonds is 5. The second-order valence-corrected chi connectivity index (χ2v) is 7.49. The van der Waals surface area contributed by atoms with Crippen LogP contribution in [0.2, 0.25) is 0 Å². The molecule has 0 heterocycles. The van der Waals surface area contributed by atoms with Crippen molar-refractivity contribution in [2.45, 2.75) is 25.6 Å². The molecule has 2 N–H and O–H groups in total. The van der Waals surface area contributed by atoms with Crippen molar-refractivity contribution >= 4 is 28.3 Å². The van der Waals surface area contributed by atoms with Gasteiger partial charge in [-0.15, -0.1) is 0 Å². The van der Waals surface area contributed by atoms with E-state index in [1.807, 2.05) is 12.1 Å². The van der Waals surface area contributed by atoms with Gasteiger partial charge >= 0.3 is 6.18 Å². The summed E-state index contributed by atoms with van der Waals surface area (Å²) in [6.45, 7) is -0.448. The SMILES string of the molecule is O=C(NCc1ccc(F)cc1C(F)(F)F)c1cc2ccccc2cc1NC(=O)C1CC1. The maximum absolute atomic E-state index is 13.3. The number of anilines is 1. The molecule has 0 saturated heterocycles. The first-order chi connectivity index (χ1) is 14.7. The molecule has 0 unspecified atom stereocenters. The average molecular weight is 430 g/mol. The van der Waals surface area contributed by atoms with Gasteiger partial charge in [0.15, 0.2) is 0 Å². The number of carbonyl (C=O) groups is 2. The van der Waals surface area contributed by atoms with E-state index in [4.69, 9.17) is 0 Å². The minimum absolute atomic E-state index is 0.0871. The standard InChI is InChI=1S/C23H18F4N2O2/c24-17-8-7-16(19(11-17)23(25,26)27)12-28-22(31)18-9-14-3-1-2-4-15(14)10-20(18)29-21(30)13-5-6-13/h1-4,7-11,13H,5-6,12H2,(H,28,31)(H,29,30). The Morgan fingerprint density at radius 2 is 1.65 bits per heavy atom. The fourth-order valence-electron chi connectivity index (χ4n) is 3.35. The second-order valence-electron chi connectivity index (χ2n) is 7.49. The Kier molecular flexibility index (Phi) is 5.39. The molecule has 4 nitrogen and oxygen atoms in total. The summed E-state index contributed by atoms with van der Waals surface area (Å²) >= 11 is 0. The summed E-state index contributed by atoms with van der Waals surface area (Å²) in [5.74, 6) is -1.94. The van der Waals surface area contributed by atoms with Gasteiger partial charge in [0.05, 0.1) is 16.8 Å². The summed E-state index contributed by atoms with van der Waals surface area (Å²) in [4.78, 5) is 25.1. The Morgan fingerprint density at radius 1 is 0.968 bits per heavy atom. The zero-order chi connectivity index (χ0) is 22.2. The molecule has 160 valence electrons. The van der Waals surface area contributed by atoms with E-state index < -0.39 is 30.0 Å². The van der Waals surface area contributed by atoms with Crippen molar-refractivity contribution in [3.8, 4) is 0 Å². The van der Waals surface area contributed by atoms with E-state index in [1.54, 1.807) is 24.3 Å². The van der Waals surface area contributed by atoms with Gasteiger partial charge in [-0.2, -0.15) is 13.2 Å². The highest BCUT2D eigenvalue weighted by Crippen LogP contribution is 2.33. The molecule has 3 aromatic rings. The predicted octanol–water partition coefficient (Wildman–Crippen LogP) is 5.28. The third-order valence-corrected chi connectivity index (χ3v) is 5.15. The molecular formula is C23H18F4N2O2. The largest absolute Gasteiger partial charge is 0.416 e. The molecule has 0 atom stereocenters. The number of halogens is 4. The summed E-state index contributed by atoms with van der Waals surface area (Å²) in [5.41, 5.74) is -0.966. The number of hydrogen-bond acceptors (Lipinski definition) is 2. The van der Waals surface area contributed by atoms with Crippen molar-refractivity contribution in [3.63, 3.8) is 0 Å². The molecule has 4 rings (SSSR count). The number of hydrogen-bond donors (Lipinski definition) is 2. The fraction of sp³-hybridized carbons (Fsp3) is 0.217. The van der Waals surface area contributed by atoms with Crippen molar-refractivity contribution in [2.75, 3.05) is 5.32 Å². The van der Waals surface area contributed by atoms with E-state index in [0.717, 1.165) is 35.7 Å². The molecular weight excluding hydrogens is 412 g/mol. The number of fused-ring (bicyclic) bond motifs is 1. The molecule has 1 aliphatic rings. The minimum Gasteiger partial charge on any atom is -0.348 e. The molecule has 8 heteroatoms. The van der Waals surface area contributed by atoms with Gasteiger partial charge < -0.3 is 10.6 Å². The van der Waals surface area contributed by atoms with Crippen LogP contribution in [0.25, 0.3) is 10.8 Å². The van der Waals surface area contributed by atoms with Crippen LogP contribution >= 0.6 is 0 Å². The lowest BCUT2D eigenvalue weighted by Gasteiger charge is -2.15. The van der Waals surface area contributed by atoms with Crippen LogP contribution in [0.3, 0.4) is 0 Å². The second kappa shape index (κ2) is 8.02. The molecule has 1 aliphatic carbocycles. The van der Waals surface area contributed by atoms with Crippen LogP contribution in [0.15, 0.2) is 54.6 Å². The topological polar surface area (TPSA) is 58.2 Å². The summed E-state index contributed by atoms with van der Waals surface area (Å²) in [7, 11) is 0. The van der Waals surface area contributed by atoms with Crippen molar-refractivity contribution in [1.29, 1.82) is 0 Å². The van der Waals surface area contributed by atoms with Crippen LogP contribution in [0, 0.1) is 11.7 Å². The quantitative estimate of drug-likeness (QED) is 0.542.